The molecule has 112 valence electrons. The minimum absolute atomic E-state index is 0.0100. The number of nitrogens with zero attached hydrogens (tertiary/aromatic N) is 1. The Morgan fingerprint density at radius 1 is 1.10 bits per heavy atom. The van der Waals surface area contributed by atoms with Gasteiger partial charge in [-0.25, -0.2) is 12.8 Å². The van der Waals surface area contributed by atoms with Gasteiger partial charge >= 0.3 is 0 Å². The first kappa shape index (κ1) is 15.5. The molecule has 4 nitrogen and oxygen atoms in total. The fourth-order valence-corrected chi connectivity index (χ4v) is 3.22. The molecule has 0 bridgehead atoms. The Kier molecular flexibility index (Phi) is 4.59. The lowest BCUT2D eigenvalue weighted by Gasteiger charge is -2.20. The highest BCUT2D eigenvalue weighted by molar-refractivity contribution is 7.92. The van der Waals surface area contributed by atoms with E-state index >= 15 is 0 Å². The van der Waals surface area contributed by atoms with E-state index in [0.717, 1.165) is 4.31 Å². The van der Waals surface area contributed by atoms with E-state index in [0.29, 0.717) is 11.1 Å². The molecule has 0 aliphatic rings. The molecule has 2 aromatic carbocycles. The molecule has 2 rings (SSSR count). The number of aliphatic hydroxyl groups excluding tert-OH is 1. The number of sulfonamides is 1. The van der Waals surface area contributed by atoms with E-state index in [-0.39, 0.29) is 18.0 Å². The minimum Gasteiger partial charge on any atom is -0.392 e. The SMILES string of the molecule is CN(c1ccccc1F)S(=O)(=O)Cc1cccc(CO)c1. The predicted molar refractivity (Wildman–Crippen MR) is 79.8 cm³/mol. The molecule has 0 amide bonds. The molecule has 0 radical (unpaired) electrons. The number of para-hydroxylation sites is 1. The third-order valence-electron chi connectivity index (χ3n) is 3.13. The molecule has 6 heteroatoms. The molecule has 0 saturated carbocycles. The summed E-state index contributed by atoms with van der Waals surface area (Å²) in [6.07, 6.45) is 0. The van der Waals surface area contributed by atoms with Crippen LogP contribution in [-0.2, 0) is 22.4 Å². The topological polar surface area (TPSA) is 57.6 Å². The van der Waals surface area contributed by atoms with E-state index in [1.807, 2.05) is 0 Å². The highest BCUT2D eigenvalue weighted by Crippen LogP contribution is 2.22. The second-order valence-electron chi connectivity index (χ2n) is 4.65. The smallest absolute Gasteiger partial charge is 0.239 e. The minimum atomic E-state index is -3.70. The molecule has 0 saturated heterocycles. The quantitative estimate of drug-likeness (QED) is 0.922. The molecular weight excluding hydrogens is 293 g/mol. The first-order valence-electron chi connectivity index (χ1n) is 6.34. The van der Waals surface area contributed by atoms with Gasteiger partial charge in [0.25, 0.3) is 0 Å². The van der Waals surface area contributed by atoms with Gasteiger partial charge in [0.1, 0.15) is 5.82 Å². The van der Waals surface area contributed by atoms with Gasteiger partial charge in [0, 0.05) is 7.05 Å². The van der Waals surface area contributed by atoms with Crippen molar-refractivity contribution in [2.75, 3.05) is 11.4 Å². The second kappa shape index (κ2) is 6.24. The van der Waals surface area contributed by atoms with Gasteiger partial charge < -0.3 is 5.11 Å². The number of hydrogen-bond acceptors (Lipinski definition) is 3. The third-order valence-corrected chi connectivity index (χ3v) is 4.86. The molecule has 0 atom stereocenters. The molecule has 1 N–H and O–H groups in total. The molecular formula is C15H16FNO3S. The Balaban J connectivity index is 2.27. The summed E-state index contributed by atoms with van der Waals surface area (Å²) in [7, 11) is -2.38. The van der Waals surface area contributed by atoms with Gasteiger partial charge in [-0.05, 0) is 23.3 Å². The van der Waals surface area contributed by atoms with Gasteiger partial charge in [-0.3, -0.25) is 4.31 Å². The summed E-state index contributed by atoms with van der Waals surface area (Å²) in [4.78, 5) is 0. The molecule has 0 fully saturated rings. The van der Waals surface area contributed by atoms with Crippen molar-refractivity contribution >= 4 is 15.7 Å². The Labute approximate surface area is 123 Å². The molecule has 0 aliphatic carbocycles. The lowest BCUT2D eigenvalue weighted by molar-refractivity contribution is 0.282. The van der Waals surface area contributed by atoms with Crippen LogP contribution >= 0.6 is 0 Å². The van der Waals surface area contributed by atoms with Crippen LogP contribution in [0.3, 0.4) is 0 Å². The fraction of sp³-hybridized carbons (Fsp3) is 0.200. The van der Waals surface area contributed by atoms with Crippen molar-refractivity contribution < 1.29 is 17.9 Å². The zero-order valence-electron chi connectivity index (χ0n) is 11.5. The van der Waals surface area contributed by atoms with Crippen molar-refractivity contribution in [1.29, 1.82) is 0 Å². The van der Waals surface area contributed by atoms with Crippen LogP contribution in [0.4, 0.5) is 10.1 Å². The van der Waals surface area contributed by atoms with Crippen molar-refractivity contribution in [1.82, 2.24) is 0 Å². The molecule has 0 heterocycles. The number of halogens is 1. The van der Waals surface area contributed by atoms with E-state index in [1.165, 1.54) is 25.2 Å². The van der Waals surface area contributed by atoms with Crippen LogP contribution in [0.25, 0.3) is 0 Å². The van der Waals surface area contributed by atoms with Crippen LogP contribution in [0.15, 0.2) is 48.5 Å². The van der Waals surface area contributed by atoms with Crippen LogP contribution in [-0.4, -0.2) is 20.6 Å². The summed E-state index contributed by atoms with van der Waals surface area (Å²) in [5.74, 6) is -0.848. The lowest BCUT2D eigenvalue weighted by atomic mass is 10.1. The first-order chi connectivity index (χ1) is 9.94. The normalized spacial score (nSPS) is 11.4. The Morgan fingerprint density at radius 2 is 1.76 bits per heavy atom. The average molecular weight is 309 g/mol. The number of rotatable bonds is 5. The van der Waals surface area contributed by atoms with E-state index in [4.69, 9.17) is 5.11 Å². The van der Waals surface area contributed by atoms with Crippen molar-refractivity contribution in [2.24, 2.45) is 0 Å². The molecule has 2 aromatic rings. The van der Waals surface area contributed by atoms with Gasteiger partial charge in [-0.2, -0.15) is 0 Å². The molecule has 0 aliphatic heterocycles. The molecule has 21 heavy (non-hydrogen) atoms. The predicted octanol–water partition coefficient (Wildman–Crippen LogP) is 2.28. The van der Waals surface area contributed by atoms with Crippen LogP contribution in [0.2, 0.25) is 0 Å². The summed E-state index contributed by atoms with van der Waals surface area (Å²) < 4.78 is 39.3. The van der Waals surface area contributed by atoms with E-state index < -0.39 is 15.8 Å². The zero-order valence-corrected chi connectivity index (χ0v) is 12.3. The number of aliphatic hydroxyl groups is 1. The largest absolute Gasteiger partial charge is 0.392 e. The Bertz CT molecular complexity index is 731. The van der Waals surface area contributed by atoms with Gasteiger partial charge in [0.2, 0.25) is 10.0 Å². The van der Waals surface area contributed by atoms with Crippen LogP contribution < -0.4 is 4.31 Å². The van der Waals surface area contributed by atoms with E-state index in [1.54, 1.807) is 30.3 Å². The average Bonchev–Trinajstić information content (AvgIpc) is 2.47. The van der Waals surface area contributed by atoms with Gasteiger partial charge in [-0.15, -0.1) is 0 Å². The summed E-state index contributed by atoms with van der Waals surface area (Å²) in [5, 5.41) is 9.07. The fourth-order valence-electron chi connectivity index (χ4n) is 1.98. The maximum Gasteiger partial charge on any atom is 0.239 e. The van der Waals surface area contributed by atoms with Gasteiger partial charge in [0.15, 0.2) is 0 Å². The summed E-state index contributed by atoms with van der Waals surface area (Å²) in [6.45, 7) is -0.156. The van der Waals surface area contributed by atoms with Crippen molar-refractivity contribution in [3.8, 4) is 0 Å². The number of anilines is 1. The highest BCUT2D eigenvalue weighted by Gasteiger charge is 2.21. The summed E-state index contributed by atoms with van der Waals surface area (Å²) in [5.41, 5.74) is 1.19. The van der Waals surface area contributed by atoms with E-state index in [9.17, 15) is 12.8 Å². The van der Waals surface area contributed by atoms with Gasteiger partial charge in [0.05, 0.1) is 18.0 Å². The van der Waals surface area contributed by atoms with Crippen molar-refractivity contribution in [2.45, 2.75) is 12.4 Å². The number of benzene rings is 2. The van der Waals surface area contributed by atoms with Crippen molar-refractivity contribution in [3.63, 3.8) is 0 Å². The maximum absolute atomic E-state index is 13.7. The Hall–Kier alpha value is -1.92. The molecule has 0 spiro atoms. The highest BCUT2D eigenvalue weighted by atomic mass is 32.2. The Morgan fingerprint density at radius 3 is 2.43 bits per heavy atom. The molecule has 0 unspecified atom stereocenters. The maximum atomic E-state index is 13.7. The lowest BCUT2D eigenvalue weighted by Crippen LogP contribution is -2.28. The monoisotopic (exact) mass is 309 g/mol. The van der Waals surface area contributed by atoms with Crippen LogP contribution in [0.5, 0.6) is 0 Å². The summed E-state index contributed by atoms with van der Waals surface area (Å²) in [6, 6.07) is 12.4. The van der Waals surface area contributed by atoms with Crippen LogP contribution in [0, 0.1) is 5.82 Å². The third kappa shape index (κ3) is 3.59. The number of hydrogen-bond donors (Lipinski definition) is 1. The molecule has 0 aromatic heterocycles. The van der Waals surface area contributed by atoms with E-state index in [2.05, 4.69) is 0 Å². The summed E-state index contributed by atoms with van der Waals surface area (Å²) >= 11 is 0. The van der Waals surface area contributed by atoms with Crippen LogP contribution in [0.1, 0.15) is 11.1 Å². The van der Waals surface area contributed by atoms with Gasteiger partial charge in [-0.1, -0.05) is 36.4 Å². The standard InChI is InChI=1S/C15H16FNO3S/c1-17(15-8-3-2-7-14(15)16)21(19,20)11-13-6-4-5-12(9-13)10-18/h2-9,18H,10-11H2,1H3. The first-order valence-corrected chi connectivity index (χ1v) is 7.95. The zero-order chi connectivity index (χ0) is 15.5. The second-order valence-corrected chi connectivity index (χ2v) is 6.65. The van der Waals surface area contributed by atoms with Crippen molar-refractivity contribution in [3.05, 3.63) is 65.5 Å².